The van der Waals surface area contributed by atoms with Crippen molar-refractivity contribution in [1.82, 2.24) is 24.4 Å². The van der Waals surface area contributed by atoms with Crippen LogP contribution in [0.25, 0.3) is 0 Å². The molecule has 0 saturated carbocycles. The van der Waals surface area contributed by atoms with Gasteiger partial charge in [-0.3, -0.25) is 23.7 Å². The quantitative estimate of drug-likeness (QED) is 0.114. The van der Waals surface area contributed by atoms with E-state index in [-0.39, 0.29) is 30.5 Å². The van der Waals surface area contributed by atoms with E-state index in [1.165, 1.54) is 16.2 Å². The summed E-state index contributed by atoms with van der Waals surface area (Å²) in [7, 11) is -5.05. The third-order valence-electron chi connectivity index (χ3n) is 4.64. The van der Waals surface area contributed by atoms with Crippen LogP contribution in [-0.4, -0.2) is 93.7 Å². The van der Waals surface area contributed by atoms with Gasteiger partial charge < -0.3 is 25.7 Å². The van der Waals surface area contributed by atoms with Gasteiger partial charge in [0.1, 0.15) is 6.21 Å². The molecule has 0 aliphatic carbocycles. The molecule has 174 valence electrons. The first-order valence-corrected chi connectivity index (χ1v) is 11.4. The Morgan fingerprint density at radius 2 is 2.12 bits per heavy atom. The van der Waals surface area contributed by atoms with Crippen LogP contribution < -0.4 is 11.1 Å². The lowest BCUT2D eigenvalue weighted by Crippen LogP contribution is -2.79. The first-order chi connectivity index (χ1) is 15.0. The normalized spacial score (nSPS) is 21.8. The monoisotopic (exact) mass is 489 g/mol. The van der Waals surface area contributed by atoms with Gasteiger partial charge in [0.15, 0.2) is 23.9 Å². The van der Waals surface area contributed by atoms with E-state index in [0.717, 1.165) is 4.90 Å². The van der Waals surface area contributed by atoms with Gasteiger partial charge in [0.05, 0.1) is 5.69 Å². The molecule has 3 heterocycles. The van der Waals surface area contributed by atoms with Crippen LogP contribution in [0.15, 0.2) is 10.5 Å². The number of carbonyl (C=O) groups excluding carboxylic acids is 4. The van der Waals surface area contributed by atoms with Gasteiger partial charge in [0, 0.05) is 25.0 Å². The van der Waals surface area contributed by atoms with Gasteiger partial charge in [-0.05, 0) is 6.92 Å². The summed E-state index contributed by atoms with van der Waals surface area (Å²) >= 11 is 1.19. The number of carbonyl (C=O) groups is 4. The van der Waals surface area contributed by atoms with E-state index in [0.29, 0.717) is 17.0 Å². The summed E-state index contributed by atoms with van der Waals surface area (Å²) in [4.78, 5) is 59.8. The van der Waals surface area contributed by atoms with Crippen molar-refractivity contribution in [2.45, 2.75) is 25.7 Å². The second kappa shape index (κ2) is 9.05. The van der Waals surface area contributed by atoms with E-state index in [1.807, 2.05) is 0 Å². The van der Waals surface area contributed by atoms with E-state index in [4.69, 9.17) is 10.6 Å². The lowest BCUT2D eigenvalue weighted by molar-refractivity contribution is -0.170. The molecule has 0 spiro atoms. The first kappa shape index (κ1) is 23.4. The van der Waals surface area contributed by atoms with Crippen LogP contribution in [0.3, 0.4) is 0 Å². The molecule has 4 N–H and O–H groups in total. The van der Waals surface area contributed by atoms with Gasteiger partial charge in [0.25, 0.3) is 11.8 Å². The molecule has 32 heavy (non-hydrogen) atoms. The van der Waals surface area contributed by atoms with Crippen LogP contribution in [0.1, 0.15) is 12.6 Å². The molecule has 1 aromatic rings. The maximum Gasteiger partial charge on any atom is 0.364 e. The molecule has 0 aromatic carbocycles. The highest BCUT2D eigenvalue weighted by atomic mass is 32.2. The van der Waals surface area contributed by atoms with E-state index >= 15 is 0 Å². The Hall–Kier alpha value is -3.31. The number of anilines is 1. The summed E-state index contributed by atoms with van der Waals surface area (Å²) in [5.41, 5.74) is 5.96. The highest BCUT2D eigenvalue weighted by Gasteiger charge is 2.59. The van der Waals surface area contributed by atoms with Crippen molar-refractivity contribution in [2.75, 3.05) is 25.4 Å². The number of piperazine rings is 1. The van der Waals surface area contributed by atoms with E-state index in [1.54, 1.807) is 12.3 Å². The number of oxime groups is 1. The Balaban J connectivity index is 1.68. The minimum Gasteiger partial charge on any atom is -0.389 e. The summed E-state index contributed by atoms with van der Waals surface area (Å²) in [6.45, 7) is 1.82. The Bertz CT molecular complexity index is 1070. The average Bonchev–Trinajstić information content (AvgIpc) is 3.14. The van der Waals surface area contributed by atoms with Crippen LogP contribution >= 0.6 is 11.3 Å². The number of hydrogen-bond acceptors (Lipinski definition) is 11. The summed E-state index contributed by atoms with van der Waals surface area (Å²) < 4.78 is 32.6. The minimum atomic E-state index is -5.05. The van der Waals surface area contributed by atoms with Crippen LogP contribution in [0.4, 0.5) is 5.13 Å². The number of nitrogens with zero attached hydrogens (tertiary/aromatic N) is 5. The zero-order valence-corrected chi connectivity index (χ0v) is 18.2. The fraction of sp³-hybridized carbons (Fsp3) is 0.467. The number of rotatable bonds is 8. The van der Waals surface area contributed by atoms with Crippen LogP contribution in [-0.2, 0) is 40.9 Å². The summed E-state index contributed by atoms with van der Waals surface area (Å²) in [5, 5.41) is 7.57. The highest BCUT2D eigenvalue weighted by molar-refractivity contribution is 7.84. The van der Waals surface area contributed by atoms with E-state index in [9.17, 15) is 32.1 Å². The van der Waals surface area contributed by atoms with Crippen molar-refractivity contribution >= 4 is 56.6 Å². The van der Waals surface area contributed by atoms with E-state index < -0.39 is 46.1 Å². The Morgan fingerprint density at radius 1 is 1.41 bits per heavy atom. The zero-order chi connectivity index (χ0) is 23.6. The Labute approximate surface area is 185 Å². The summed E-state index contributed by atoms with van der Waals surface area (Å²) in [6, 6.07) is -1.53. The zero-order valence-electron chi connectivity index (χ0n) is 16.6. The Kier molecular flexibility index (Phi) is 6.60. The van der Waals surface area contributed by atoms with Crippen molar-refractivity contribution in [1.29, 1.82) is 0 Å². The number of thiazole rings is 1. The molecular weight excluding hydrogens is 470 g/mol. The number of aromatic nitrogens is 1. The minimum absolute atomic E-state index is 0.0328. The van der Waals surface area contributed by atoms with Crippen molar-refractivity contribution < 1.29 is 37.0 Å². The smallest absolute Gasteiger partial charge is 0.364 e. The molecule has 2 fully saturated rings. The first-order valence-electron chi connectivity index (χ1n) is 9.10. The number of hydrogen-bond donors (Lipinski definition) is 3. The second-order valence-corrected chi connectivity index (χ2v) is 8.76. The molecule has 2 saturated heterocycles. The lowest BCUT2D eigenvalue weighted by atomic mass is 10.0. The third kappa shape index (κ3) is 4.63. The molecule has 2 atom stereocenters. The van der Waals surface area contributed by atoms with Crippen LogP contribution in [0, 0.1) is 0 Å². The molecule has 17 heteroatoms. The Morgan fingerprint density at radius 3 is 2.72 bits per heavy atom. The molecule has 2 aliphatic rings. The highest BCUT2D eigenvalue weighted by Crippen LogP contribution is 2.28. The molecule has 2 aliphatic heterocycles. The molecule has 3 rings (SSSR count). The average molecular weight is 489 g/mol. The number of amides is 4. The van der Waals surface area contributed by atoms with Gasteiger partial charge in [-0.15, -0.1) is 11.3 Å². The van der Waals surface area contributed by atoms with Crippen molar-refractivity contribution in [3.05, 3.63) is 11.1 Å². The predicted octanol–water partition coefficient (Wildman–Crippen LogP) is -2.63. The van der Waals surface area contributed by atoms with Gasteiger partial charge in [-0.1, -0.05) is 5.16 Å². The van der Waals surface area contributed by atoms with Crippen molar-refractivity contribution in [2.24, 2.45) is 5.16 Å². The largest absolute Gasteiger partial charge is 0.389 e. The van der Waals surface area contributed by atoms with E-state index in [2.05, 4.69) is 15.5 Å². The molecule has 1 aromatic heterocycles. The number of nitrogens with one attached hydrogen (secondary N) is 1. The van der Waals surface area contributed by atoms with Crippen molar-refractivity contribution in [3.63, 3.8) is 0 Å². The number of nitrogens with two attached hydrogens (primary N) is 1. The summed E-state index contributed by atoms with van der Waals surface area (Å²) in [6.07, 6.45) is -0.915. The molecular formula is C15H19N7O8S2. The van der Waals surface area contributed by atoms with Gasteiger partial charge >= 0.3 is 22.1 Å². The standard InChI is InChI=1S/C15H19N7O8S2/c1-2-20-3-4-21(14(26)13(20)25)11-10(12(24)22(11)32(27,28)29)19-9(23)5-17-30-6-8-7-31-15(16)18-8/h5,7,10-11H,2-4,6H2,1H3,(H2,16,18)(H,19,23)(H,27,28,29)/b17-5+/t10-,11-/m0/s1. The molecule has 4 amide bonds. The third-order valence-corrected chi connectivity index (χ3v) is 6.25. The van der Waals surface area contributed by atoms with Crippen LogP contribution in [0.5, 0.6) is 0 Å². The van der Waals surface area contributed by atoms with Gasteiger partial charge in [-0.2, -0.15) is 12.7 Å². The number of nitrogen functional groups attached to an aromatic ring is 1. The summed E-state index contributed by atoms with van der Waals surface area (Å²) in [5.74, 6) is -4.08. The lowest BCUT2D eigenvalue weighted by Gasteiger charge is -2.50. The fourth-order valence-electron chi connectivity index (χ4n) is 3.15. The predicted molar refractivity (Wildman–Crippen MR) is 108 cm³/mol. The van der Waals surface area contributed by atoms with Crippen LogP contribution in [0.2, 0.25) is 0 Å². The van der Waals surface area contributed by atoms with Gasteiger partial charge in [0.2, 0.25) is 0 Å². The molecule has 15 nitrogen and oxygen atoms in total. The van der Waals surface area contributed by atoms with Crippen molar-refractivity contribution in [3.8, 4) is 0 Å². The van der Waals surface area contributed by atoms with Gasteiger partial charge in [-0.25, -0.2) is 4.98 Å². The molecule has 0 unspecified atom stereocenters. The SMILES string of the molecule is CCN1CCN([C@@H]2[C@H](NC(=O)/C=N/OCc3csc(N)n3)C(=O)N2S(=O)(=O)O)C(=O)C1=O. The molecule has 0 bridgehead atoms. The maximum atomic E-state index is 12.4. The molecule has 0 radical (unpaired) electrons. The second-order valence-electron chi connectivity index (χ2n) is 6.58. The maximum absolute atomic E-state index is 12.4. The number of likely N-dealkylation sites (N-methyl/N-ethyl adjacent to an activating group) is 1. The fourth-order valence-corrected chi connectivity index (χ4v) is 4.55. The topological polar surface area (TPSA) is 205 Å². The number of β-lactam (4-membered cyclic amide) rings is 1.